The molecule has 0 bridgehead atoms. The lowest BCUT2D eigenvalue weighted by molar-refractivity contribution is -0.153. The van der Waals surface area contributed by atoms with Crippen molar-refractivity contribution in [2.75, 3.05) is 39.4 Å². The average Bonchev–Trinajstić information content (AvgIpc) is 3.62. The zero-order valence-corrected chi connectivity index (χ0v) is 21.4. The molecule has 1 aromatic carbocycles. The molecular weight excluding hydrogens is 535 g/mol. The highest BCUT2D eigenvalue weighted by Gasteiger charge is 2.31. The molecule has 4 aromatic rings. The Kier molecular flexibility index (Phi) is 7.60. The van der Waals surface area contributed by atoms with Crippen molar-refractivity contribution >= 4 is 22.6 Å². The van der Waals surface area contributed by atoms with Gasteiger partial charge in [-0.15, -0.1) is 0 Å². The Hall–Kier alpha value is -4.59. The maximum atomic E-state index is 12.9. The first-order valence-corrected chi connectivity index (χ1v) is 12.1. The summed E-state index contributed by atoms with van der Waals surface area (Å²) in [6.45, 7) is -0.746. The Bertz CT molecular complexity index is 1500. The van der Waals surface area contributed by atoms with Gasteiger partial charge >= 0.3 is 6.18 Å². The van der Waals surface area contributed by atoms with Crippen LogP contribution < -0.4 is 24.3 Å². The quantitative estimate of drug-likeness (QED) is 0.309. The SMILES string of the molecule is COc1cc2nccc(Oc3ccc(NC(=O)c4nn(C5CCOC5)cc4OCC(F)(F)F)nc3)c2cc1OC. The van der Waals surface area contributed by atoms with E-state index in [2.05, 4.69) is 20.4 Å². The summed E-state index contributed by atoms with van der Waals surface area (Å²) in [6.07, 6.45) is 0.269. The molecule has 0 aliphatic carbocycles. The fourth-order valence-electron chi connectivity index (χ4n) is 4.07. The summed E-state index contributed by atoms with van der Waals surface area (Å²) in [5.41, 5.74) is 0.324. The van der Waals surface area contributed by atoms with E-state index in [1.54, 1.807) is 30.5 Å². The summed E-state index contributed by atoms with van der Waals surface area (Å²) in [6, 6.07) is 8.00. The van der Waals surface area contributed by atoms with Gasteiger partial charge in [-0.05, 0) is 30.7 Å². The number of alkyl halides is 3. The van der Waals surface area contributed by atoms with E-state index in [1.807, 2.05) is 0 Å². The number of nitrogens with zero attached hydrogens (tertiary/aromatic N) is 4. The fourth-order valence-corrected chi connectivity index (χ4v) is 4.07. The number of hydrogen-bond acceptors (Lipinski definition) is 9. The molecule has 1 aliphatic heterocycles. The number of pyridine rings is 2. The molecule has 11 nitrogen and oxygen atoms in total. The second kappa shape index (κ2) is 11.3. The number of halogens is 3. The van der Waals surface area contributed by atoms with E-state index in [9.17, 15) is 18.0 Å². The molecule has 1 amide bonds. The average molecular weight is 560 g/mol. The van der Waals surface area contributed by atoms with Crippen molar-refractivity contribution in [3.8, 4) is 28.7 Å². The lowest BCUT2D eigenvalue weighted by atomic mass is 10.2. The highest BCUT2D eigenvalue weighted by Crippen LogP contribution is 2.37. The van der Waals surface area contributed by atoms with Gasteiger partial charge in [0.1, 0.15) is 17.3 Å². The number of rotatable bonds is 9. The van der Waals surface area contributed by atoms with Crippen LogP contribution in [0.5, 0.6) is 28.7 Å². The topological polar surface area (TPSA) is 119 Å². The number of fused-ring (bicyclic) bond motifs is 1. The molecule has 1 aliphatic rings. The van der Waals surface area contributed by atoms with Crippen LogP contribution in [0.25, 0.3) is 10.9 Å². The number of carbonyl (C=O) groups excluding carboxylic acids is 1. The molecule has 0 spiro atoms. The van der Waals surface area contributed by atoms with Gasteiger partial charge in [0.2, 0.25) is 0 Å². The number of aromatic nitrogens is 4. The van der Waals surface area contributed by atoms with Crippen LogP contribution in [0.15, 0.2) is 48.9 Å². The molecule has 1 N–H and O–H groups in total. The van der Waals surface area contributed by atoms with Gasteiger partial charge in [-0.25, -0.2) is 4.98 Å². The van der Waals surface area contributed by atoms with Crippen molar-refractivity contribution in [2.24, 2.45) is 0 Å². The van der Waals surface area contributed by atoms with Crippen LogP contribution in [-0.4, -0.2) is 65.9 Å². The summed E-state index contributed by atoms with van der Waals surface area (Å²) < 4.78 is 66.6. The predicted octanol–water partition coefficient (Wildman–Crippen LogP) is 4.79. The molecule has 1 atom stereocenters. The molecule has 3 aromatic heterocycles. The molecule has 210 valence electrons. The van der Waals surface area contributed by atoms with Crippen molar-refractivity contribution in [3.63, 3.8) is 0 Å². The van der Waals surface area contributed by atoms with Crippen LogP contribution in [0.4, 0.5) is 19.0 Å². The molecule has 40 heavy (non-hydrogen) atoms. The van der Waals surface area contributed by atoms with Crippen molar-refractivity contribution in [1.29, 1.82) is 0 Å². The molecule has 5 rings (SSSR count). The Balaban J connectivity index is 1.32. The van der Waals surface area contributed by atoms with Gasteiger partial charge in [0, 0.05) is 24.3 Å². The van der Waals surface area contributed by atoms with E-state index >= 15 is 0 Å². The van der Waals surface area contributed by atoms with Crippen LogP contribution in [0.1, 0.15) is 23.0 Å². The number of benzene rings is 1. The van der Waals surface area contributed by atoms with Crippen LogP contribution in [0.2, 0.25) is 0 Å². The minimum Gasteiger partial charge on any atom is -0.493 e. The van der Waals surface area contributed by atoms with Crippen molar-refractivity contribution in [2.45, 2.75) is 18.6 Å². The van der Waals surface area contributed by atoms with E-state index in [4.69, 9.17) is 23.7 Å². The molecule has 0 radical (unpaired) electrons. The highest BCUT2D eigenvalue weighted by molar-refractivity contribution is 6.04. The third kappa shape index (κ3) is 6.01. The molecule has 1 unspecified atom stereocenters. The van der Waals surface area contributed by atoms with Crippen molar-refractivity contribution in [3.05, 3.63) is 54.6 Å². The zero-order chi connectivity index (χ0) is 28.3. The van der Waals surface area contributed by atoms with Crippen LogP contribution in [0.3, 0.4) is 0 Å². The standard InChI is InChI=1S/C26H24F3N5O6/c1-36-20-9-17-18(10-21(20)37-2)30-7-5-19(17)40-16-3-4-23(31-11-16)32-25(35)24-22(39-14-26(27,28)29)12-34(33-24)15-6-8-38-13-15/h3-5,7,9-12,15H,6,8,13-14H2,1-2H3,(H,31,32,35). The smallest absolute Gasteiger partial charge is 0.422 e. The predicted molar refractivity (Wildman–Crippen MR) is 135 cm³/mol. The van der Waals surface area contributed by atoms with Gasteiger partial charge < -0.3 is 29.0 Å². The maximum absolute atomic E-state index is 12.9. The first-order valence-electron chi connectivity index (χ1n) is 12.1. The van der Waals surface area contributed by atoms with Gasteiger partial charge in [0.05, 0.1) is 44.8 Å². The van der Waals surface area contributed by atoms with Crippen LogP contribution in [0, 0.1) is 0 Å². The minimum atomic E-state index is -4.58. The van der Waals surface area contributed by atoms with Crippen LogP contribution in [-0.2, 0) is 4.74 Å². The third-order valence-corrected chi connectivity index (χ3v) is 6.00. The van der Waals surface area contributed by atoms with Gasteiger partial charge in [-0.1, -0.05) is 0 Å². The van der Waals surface area contributed by atoms with Crippen molar-refractivity contribution in [1.82, 2.24) is 19.7 Å². The Morgan fingerprint density at radius 3 is 2.58 bits per heavy atom. The largest absolute Gasteiger partial charge is 0.493 e. The first-order chi connectivity index (χ1) is 19.2. The molecule has 0 saturated carbocycles. The number of nitrogens with one attached hydrogen (secondary N) is 1. The summed E-state index contributed by atoms with van der Waals surface area (Å²) >= 11 is 0. The number of ether oxygens (including phenoxy) is 5. The summed E-state index contributed by atoms with van der Waals surface area (Å²) in [4.78, 5) is 21.5. The number of carbonyl (C=O) groups is 1. The van der Waals surface area contributed by atoms with E-state index in [0.717, 1.165) is 0 Å². The normalized spacial score (nSPS) is 15.2. The second-order valence-electron chi connectivity index (χ2n) is 8.71. The summed E-state index contributed by atoms with van der Waals surface area (Å²) in [5.74, 6) is 0.928. The minimum absolute atomic E-state index is 0.129. The summed E-state index contributed by atoms with van der Waals surface area (Å²) in [5, 5.41) is 7.38. The zero-order valence-electron chi connectivity index (χ0n) is 21.4. The van der Waals surface area contributed by atoms with Crippen LogP contribution >= 0.6 is 0 Å². The van der Waals surface area contributed by atoms with E-state index < -0.39 is 18.7 Å². The van der Waals surface area contributed by atoms with Crippen molar-refractivity contribution < 1.29 is 41.7 Å². The summed E-state index contributed by atoms with van der Waals surface area (Å²) in [7, 11) is 3.05. The second-order valence-corrected chi connectivity index (χ2v) is 8.71. The third-order valence-electron chi connectivity index (χ3n) is 6.00. The lowest BCUT2D eigenvalue weighted by Crippen LogP contribution is -2.21. The molecular formula is C26H24F3N5O6. The highest BCUT2D eigenvalue weighted by atomic mass is 19.4. The number of anilines is 1. The Labute approximate surface area is 225 Å². The van der Waals surface area contributed by atoms with Gasteiger partial charge in [-0.2, -0.15) is 18.3 Å². The Morgan fingerprint density at radius 1 is 1.10 bits per heavy atom. The maximum Gasteiger partial charge on any atom is 0.422 e. The number of hydrogen-bond donors (Lipinski definition) is 1. The molecule has 1 saturated heterocycles. The molecule has 14 heteroatoms. The lowest BCUT2D eigenvalue weighted by Gasteiger charge is -2.12. The van der Waals surface area contributed by atoms with E-state index in [0.29, 0.717) is 53.5 Å². The fraction of sp³-hybridized carbons (Fsp3) is 0.308. The van der Waals surface area contributed by atoms with E-state index in [1.165, 1.54) is 37.4 Å². The first kappa shape index (κ1) is 27.0. The monoisotopic (exact) mass is 559 g/mol. The number of methoxy groups -OCH3 is 2. The number of amides is 1. The van der Waals surface area contributed by atoms with Gasteiger partial charge in [0.25, 0.3) is 5.91 Å². The van der Waals surface area contributed by atoms with Gasteiger partial charge in [0.15, 0.2) is 29.5 Å². The van der Waals surface area contributed by atoms with E-state index in [-0.39, 0.29) is 23.3 Å². The Morgan fingerprint density at radius 2 is 1.90 bits per heavy atom. The molecule has 1 fully saturated rings. The van der Waals surface area contributed by atoms with Gasteiger partial charge in [-0.3, -0.25) is 14.5 Å². The molecule has 4 heterocycles.